The summed E-state index contributed by atoms with van der Waals surface area (Å²) in [5.41, 5.74) is 1.17. The minimum Gasteiger partial charge on any atom is -0.494 e. The Kier molecular flexibility index (Phi) is 5.44. The Labute approximate surface area is 126 Å². The molecule has 1 aliphatic heterocycles. The van der Waals surface area contributed by atoms with E-state index in [0.717, 1.165) is 31.9 Å². The highest BCUT2D eigenvalue weighted by molar-refractivity contribution is 5.76. The number of likely N-dealkylation sites (N-methyl/N-ethyl adjacent to an activating group) is 2. The first-order valence-electron chi connectivity index (χ1n) is 7.55. The quantitative estimate of drug-likeness (QED) is 0.837. The third-order valence-electron chi connectivity index (χ3n) is 3.81. The smallest absolute Gasteiger partial charge is 0.319 e. The Morgan fingerprint density at radius 1 is 1.29 bits per heavy atom. The number of hydrogen-bond acceptors (Lipinski definition) is 3. The van der Waals surface area contributed by atoms with E-state index in [1.165, 1.54) is 5.56 Å². The zero-order valence-corrected chi connectivity index (χ0v) is 13.1. The molecule has 21 heavy (non-hydrogen) atoms. The molecule has 1 heterocycles. The second-order valence-electron chi connectivity index (χ2n) is 5.41. The molecule has 0 radical (unpaired) electrons. The molecule has 1 aromatic carbocycles. The van der Waals surface area contributed by atoms with Gasteiger partial charge in [-0.2, -0.15) is 0 Å². The number of ether oxygens (including phenoxy) is 1. The molecule has 0 bridgehead atoms. The van der Waals surface area contributed by atoms with Crippen LogP contribution >= 0.6 is 0 Å². The molecule has 1 fully saturated rings. The van der Waals surface area contributed by atoms with Crippen LogP contribution in [0.1, 0.15) is 24.9 Å². The maximum Gasteiger partial charge on any atom is 0.319 e. The van der Waals surface area contributed by atoms with Gasteiger partial charge in [-0.15, -0.1) is 0 Å². The Hall–Kier alpha value is -1.75. The molecular weight excluding hydrogens is 266 g/mol. The minimum absolute atomic E-state index is 0.109. The summed E-state index contributed by atoms with van der Waals surface area (Å²) in [5.74, 6) is 0.896. The van der Waals surface area contributed by atoms with Crippen LogP contribution in [0.25, 0.3) is 0 Å². The van der Waals surface area contributed by atoms with E-state index in [2.05, 4.69) is 24.4 Å². The van der Waals surface area contributed by atoms with Gasteiger partial charge in [-0.25, -0.2) is 4.79 Å². The molecule has 2 rings (SSSR count). The molecule has 1 atom stereocenters. The average Bonchev–Trinajstić information content (AvgIpc) is 2.83. The van der Waals surface area contributed by atoms with Gasteiger partial charge < -0.3 is 19.9 Å². The average molecular weight is 291 g/mol. The molecule has 0 aliphatic carbocycles. The third-order valence-corrected chi connectivity index (χ3v) is 3.81. The lowest BCUT2D eigenvalue weighted by molar-refractivity contribution is 0.194. The van der Waals surface area contributed by atoms with Crippen LogP contribution in [0.2, 0.25) is 0 Å². The summed E-state index contributed by atoms with van der Waals surface area (Å²) in [7, 11) is 3.77. The van der Waals surface area contributed by atoms with E-state index in [1.54, 1.807) is 4.90 Å². The van der Waals surface area contributed by atoms with Crippen molar-refractivity contribution in [3.05, 3.63) is 29.8 Å². The fourth-order valence-corrected chi connectivity index (χ4v) is 2.47. The van der Waals surface area contributed by atoms with Crippen molar-refractivity contribution in [2.75, 3.05) is 40.3 Å². The molecule has 116 valence electrons. The number of carbonyl (C=O) groups is 1. The summed E-state index contributed by atoms with van der Waals surface area (Å²) in [6.45, 7) is 5.12. The number of amides is 2. The van der Waals surface area contributed by atoms with Crippen molar-refractivity contribution in [3.63, 3.8) is 0 Å². The van der Waals surface area contributed by atoms with Crippen molar-refractivity contribution in [1.82, 2.24) is 15.1 Å². The molecule has 5 nitrogen and oxygen atoms in total. The molecule has 1 N–H and O–H groups in total. The molecular formula is C16H25N3O2. The zero-order chi connectivity index (χ0) is 15.2. The summed E-state index contributed by atoms with van der Waals surface area (Å²) in [5, 5.41) is 3.29. The second-order valence-corrected chi connectivity index (χ2v) is 5.41. The molecule has 1 aliphatic rings. The Bertz CT molecular complexity index is 461. The maximum absolute atomic E-state index is 12.0. The van der Waals surface area contributed by atoms with E-state index >= 15 is 0 Å². The summed E-state index contributed by atoms with van der Waals surface area (Å²) in [4.78, 5) is 15.6. The van der Waals surface area contributed by atoms with Gasteiger partial charge in [-0.1, -0.05) is 19.1 Å². The second kappa shape index (κ2) is 7.31. The highest BCUT2D eigenvalue weighted by Gasteiger charge is 2.27. The van der Waals surface area contributed by atoms with Crippen LogP contribution in [0.15, 0.2) is 24.3 Å². The van der Waals surface area contributed by atoms with E-state index < -0.39 is 0 Å². The van der Waals surface area contributed by atoms with E-state index in [4.69, 9.17) is 4.74 Å². The Morgan fingerprint density at radius 2 is 2.00 bits per heavy atom. The first-order valence-corrected chi connectivity index (χ1v) is 7.55. The SMILES string of the molecule is CCCOc1ccc(C(CN2CCN(C)C2=O)NC)cc1. The molecule has 2 amide bonds. The Balaban J connectivity index is 1.98. The zero-order valence-electron chi connectivity index (χ0n) is 13.1. The van der Waals surface area contributed by atoms with Gasteiger partial charge in [0.2, 0.25) is 0 Å². The van der Waals surface area contributed by atoms with Gasteiger partial charge in [0.05, 0.1) is 6.61 Å². The van der Waals surface area contributed by atoms with Gasteiger partial charge in [0.25, 0.3) is 0 Å². The number of nitrogens with one attached hydrogen (secondary N) is 1. The van der Waals surface area contributed by atoms with E-state index in [0.29, 0.717) is 6.54 Å². The van der Waals surface area contributed by atoms with E-state index in [1.807, 2.05) is 31.1 Å². The molecule has 0 spiro atoms. The predicted octanol–water partition coefficient (Wildman–Crippen LogP) is 2.10. The predicted molar refractivity (Wildman–Crippen MR) is 83.6 cm³/mol. The van der Waals surface area contributed by atoms with Crippen molar-refractivity contribution in [1.29, 1.82) is 0 Å². The summed E-state index contributed by atoms with van der Waals surface area (Å²) in [6.07, 6.45) is 1.01. The first kappa shape index (κ1) is 15.6. The molecule has 1 unspecified atom stereocenters. The topological polar surface area (TPSA) is 44.8 Å². The first-order chi connectivity index (χ1) is 10.2. The third kappa shape index (κ3) is 3.88. The normalized spacial score (nSPS) is 16.4. The number of nitrogens with zero attached hydrogens (tertiary/aromatic N) is 2. The maximum atomic E-state index is 12.0. The number of urea groups is 1. The van der Waals surface area contributed by atoms with Gasteiger partial charge in [-0.3, -0.25) is 0 Å². The van der Waals surface area contributed by atoms with Crippen LogP contribution in [-0.2, 0) is 0 Å². The molecule has 1 aromatic rings. The van der Waals surface area contributed by atoms with Crippen LogP contribution in [0.4, 0.5) is 4.79 Å². The fourth-order valence-electron chi connectivity index (χ4n) is 2.47. The monoisotopic (exact) mass is 291 g/mol. The molecule has 0 aromatic heterocycles. The highest BCUT2D eigenvalue weighted by atomic mass is 16.5. The van der Waals surface area contributed by atoms with Crippen molar-refractivity contribution < 1.29 is 9.53 Å². The molecule has 1 saturated heterocycles. The van der Waals surface area contributed by atoms with Gasteiger partial charge in [0.15, 0.2) is 0 Å². The van der Waals surface area contributed by atoms with Gasteiger partial charge >= 0.3 is 6.03 Å². The molecule has 5 heteroatoms. The van der Waals surface area contributed by atoms with Crippen molar-refractivity contribution in [2.45, 2.75) is 19.4 Å². The summed E-state index contributed by atoms with van der Waals surface area (Å²) in [6, 6.07) is 8.37. The lowest BCUT2D eigenvalue weighted by atomic mass is 10.1. The minimum atomic E-state index is 0.109. The number of hydrogen-bond donors (Lipinski definition) is 1. The number of rotatable bonds is 7. The van der Waals surface area contributed by atoms with Crippen LogP contribution in [0.3, 0.4) is 0 Å². The van der Waals surface area contributed by atoms with Crippen LogP contribution < -0.4 is 10.1 Å². The van der Waals surface area contributed by atoms with Crippen LogP contribution in [0, 0.1) is 0 Å². The summed E-state index contributed by atoms with van der Waals surface area (Å²) >= 11 is 0. The van der Waals surface area contributed by atoms with E-state index in [-0.39, 0.29) is 12.1 Å². The lowest BCUT2D eigenvalue weighted by Gasteiger charge is -2.23. The lowest BCUT2D eigenvalue weighted by Crippen LogP contribution is -2.36. The summed E-state index contributed by atoms with van der Waals surface area (Å²) < 4.78 is 5.60. The molecule has 0 saturated carbocycles. The number of carbonyl (C=O) groups excluding carboxylic acids is 1. The number of benzene rings is 1. The van der Waals surface area contributed by atoms with Crippen LogP contribution in [0.5, 0.6) is 5.75 Å². The Morgan fingerprint density at radius 3 is 2.52 bits per heavy atom. The highest BCUT2D eigenvalue weighted by Crippen LogP contribution is 2.20. The van der Waals surface area contributed by atoms with Crippen LogP contribution in [-0.4, -0.2) is 56.2 Å². The van der Waals surface area contributed by atoms with Crippen molar-refractivity contribution in [2.24, 2.45) is 0 Å². The standard InChI is InChI=1S/C16H25N3O2/c1-4-11-21-14-7-5-13(6-8-14)15(17-2)12-19-10-9-18(3)16(19)20/h5-8,15,17H,4,9-12H2,1-3H3. The largest absolute Gasteiger partial charge is 0.494 e. The van der Waals surface area contributed by atoms with Gasteiger partial charge in [-0.05, 0) is 31.2 Å². The van der Waals surface area contributed by atoms with E-state index in [9.17, 15) is 4.79 Å². The van der Waals surface area contributed by atoms with Crippen molar-refractivity contribution in [3.8, 4) is 5.75 Å². The fraction of sp³-hybridized carbons (Fsp3) is 0.562. The van der Waals surface area contributed by atoms with Crippen molar-refractivity contribution >= 4 is 6.03 Å². The van der Waals surface area contributed by atoms with Gasteiger partial charge in [0, 0.05) is 32.7 Å². The van der Waals surface area contributed by atoms with Gasteiger partial charge in [0.1, 0.15) is 5.75 Å².